The highest BCUT2D eigenvalue weighted by Gasteiger charge is 2.22. The van der Waals surface area contributed by atoms with Gasteiger partial charge in [0.25, 0.3) is 0 Å². The number of hydrogen-bond acceptors (Lipinski definition) is 4. The summed E-state index contributed by atoms with van der Waals surface area (Å²) in [5.74, 6) is -0.184. The van der Waals surface area contributed by atoms with Crippen molar-refractivity contribution >= 4 is 21.6 Å². The topological polar surface area (TPSA) is 81.2 Å². The molecule has 0 radical (unpaired) electrons. The third-order valence-electron chi connectivity index (χ3n) is 4.68. The van der Waals surface area contributed by atoms with E-state index in [-0.39, 0.29) is 34.8 Å². The molecule has 0 aliphatic carbocycles. The van der Waals surface area contributed by atoms with Crippen molar-refractivity contribution in [3.05, 3.63) is 57.6 Å². The molecule has 0 aliphatic rings. The molecule has 1 aromatic heterocycles. The molecule has 2 rings (SSSR count). The fraction of sp³-hybridized carbons (Fsp3) is 0.450. The third kappa shape index (κ3) is 5.25. The van der Waals surface area contributed by atoms with E-state index in [1.54, 1.807) is 16.8 Å². The van der Waals surface area contributed by atoms with Gasteiger partial charge in [0.1, 0.15) is 10.7 Å². The van der Waals surface area contributed by atoms with Gasteiger partial charge in [0, 0.05) is 38.3 Å². The van der Waals surface area contributed by atoms with Gasteiger partial charge in [0.15, 0.2) is 0 Å². The van der Waals surface area contributed by atoms with Crippen LogP contribution in [0.5, 0.6) is 0 Å². The van der Waals surface area contributed by atoms with Crippen LogP contribution >= 0.6 is 11.6 Å². The Hall–Kier alpha value is -1.74. The monoisotopic (exact) mass is 442 g/mol. The maximum absolute atomic E-state index is 14.0. The van der Waals surface area contributed by atoms with Gasteiger partial charge in [-0.2, -0.15) is 5.10 Å². The van der Waals surface area contributed by atoms with Crippen molar-refractivity contribution in [3.63, 3.8) is 0 Å². The number of allylic oxidation sites excluding steroid dienone is 1. The van der Waals surface area contributed by atoms with Gasteiger partial charge < -0.3 is 5.73 Å². The molecule has 6 nitrogen and oxygen atoms in total. The Bertz CT molecular complexity index is 1010. The van der Waals surface area contributed by atoms with E-state index in [4.69, 9.17) is 17.3 Å². The maximum Gasteiger partial charge on any atom is 0.244 e. The fourth-order valence-electron chi connectivity index (χ4n) is 3.04. The molecule has 2 N–H and O–H groups in total. The van der Waals surface area contributed by atoms with Gasteiger partial charge >= 0.3 is 0 Å². The van der Waals surface area contributed by atoms with Crippen LogP contribution < -0.4 is 5.73 Å². The molecule has 9 heteroatoms. The first-order valence-electron chi connectivity index (χ1n) is 9.30. The summed E-state index contributed by atoms with van der Waals surface area (Å²) >= 11 is 6.28. The first kappa shape index (κ1) is 23.5. The standard InChI is InChI=1S/C20H28ClFN4O2S/c1-13(2)20-17(14(3)26(24-20)12-16(22)8-9-23)10-15-6-7-19(18(21)11-15)29(27,28)25(4)5/h6-8,11,13H,9-10,12,23H2,1-5H3/b16-8-. The van der Waals surface area contributed by atoms with Crippen molar-refractivity contribution in [2.45, 2.75) is 44.6 Å². The summed E-state index contributed by atoms with van der Waals surface area (Å²) in [4.78, 5) is 0.0680. The summed E-state index contributed by atoms with van der Waals surface area (Å²) in [6.45, 7) is 6.12. The van der Waals surface area contributed by atoms with Crippen LogP contribution in [-0.2, 0) is 23.0 Å². The van der Waals surface area contributed by atoms with Gasteiger partial charge in [-0.15, -0.1) is 0 Å². The van der Waals surface area contributed by atoms with Gasteiger partial charge in [-0.3, -0.25) is 4.68 Å². The molecule has 0 bridgehead atoms. The van der Waals surface area contributed by atoms with Gasteiger partial charge in [0.2, 0.25) is 10.0 Å². The fourth-order valence-corrected chi connectivity index (χ4v) is 4.48. The SMILES string of the molecule is Cc1c(Cc2ccc(S(=O)(=O)N(C)C)c(Cl)c2)c(C(C)C)nn1C/C(F)=C/CN. The third-order valence-corrected chi connectivity index (χ3v) is 6.98. The molecule has 2 aromatic rings. The second-order valence-electron chi connectivity index (χ2n) is 7.38. The maximum atomic E-state index is 14.0. The minimum Gasteiger partial charge on any atom is -0.327 e. The summed E-state index contributed by atoms with van der Waals surface area (Å²) in [5.41, 5.74) is 8.96. The van der Waals surface area contributed by atoms with Crippen LogP contribution in [0.15, 0.2) is 35.0 Å². The first-order chi connectivity index (χ1) is 13.5. The number of hydrogen-bond donors (Lipinski definition) is 1. The summed E-state index contributed by atoms with van der Waals surface area (Å²) in [7, 11) is -0.689. The number of sulfonamides is 1. The lowest BCUT2D eigenvalue weighted by Crippen LogP contribution is -2.22. The molecule has 1 heterocycles. The molecule has 0 saturated carbocycles. The van der Waals surface area contributed by atoms with Gasteiger partial charge in [-0.25, -0.2) is 17.1 Å². The Morgan fingerprint density at radius 3 is 2.55 bits per heavy atom. The zero-order chi connectivity index (χ0) is 21.9. The highest BCUT2D eigenvalue weighted by Crippen LogP contribution is 2.29. The minimum absolute atomic E-state index is 0.0313. The van der Waals surface area contributed by atoms with Crippen LogP contribution in [0.3, 0.4) is 0 Å². The largest absolute Gasteiger partial charge is 0.327 e. The van der Waals surface area contributed by atoms with Crippen molar-refractivity contribution in [1.29, 1.82) is 0 Å². The lowest BCUT2D eigenvalue weighted by Gasteiger charge is -2.14. The second-order valence-corrected chi connectivity index (χ2v) is 9.90. The zero-order valence-electron chi connectivity index (χ0n) is 17.4. The molecule has 160 valence electrons. The van der Waals surface area contributed by atoms with Crippen molar-refractivity contribution in [2.24, 2.45) is 5.73 Å². The molecule has 29 heavy (non-hydrogen) atoms. The Morgan fingerprint density at radius 1 is 1.38 bits per heavy atom. The molecular formula is C20H28ClFN4O2S. The zero-order valence-corrected chi connectivity index (χ0v) is 19.0. The van der Waals surface area contributed by atoms with E-state index in [0.29, 0.717) is 6.42 Å². The molecular weight excluding hydrogens is 415 g/mol. The highest BCUT2D eigenvalue weighted by molar-refractivity contribution is 7.89. The van der Waals surface area contributed by atoms with Crippen LogP contribution in [0.25, 0.3) is 0 Å². The lowest BCUT2D eigenvalue weighted by molar-refractivity contribution is 0.514. The second kappa shape index (κ2) is 9.38. The van der Waals surface area contributed by atoms with E-state index in [1.807, 2.05) is 20.8 Å². The Kier molecular flexibility index (Phi) is 7.62. The summed E-state index contributed by atoms with van der Waals surface area (Å²) in [6.07, 6.45) is 1.85. The lowest BCUT2D eigenvalue weighted by atomic mass is 9.98. The van der Waals surface area contributed by atoms with E-state index < -0.39 is 10.0 Å². The van der Waals surface area contributed by atoms with Crippen LogP contribution in [-0.4, -0.2) is 43.1 Å². The number of rotatable bonds is 8. The summed E-state index contributed by atoms with van der Waals surface area (Å²) in [6, 6.07) is 4.93. The Morgan fingerprint density at radius 2 is 2.03 bits per heavy atom. The molecule has 0 aliphatic heterocycles. The van der Waals surface area contributed by atoms with Gasteiger partial charge in [-0.1, -0.05) is 31.5 Å². The number of nitrogens with zero attached hydrogens (tertiary/aromatic N) is 3. The number of aromatic nitrogens is 2. The Balaban J connectivity index is 2.42. The van der Waals surface area contributed by atoms with Crippen molar-refractivity contribution in [1.82, 2.24) is 14.1 Å². The predicted molar refractivity (Wildman–Crippen MR) is 114 cm³/mol. The van der Waals surface area contributed by atoms with E-state index in [1.165, 1.54) is 26.2 Å². The number of halogens is 2. The van der Waals surface area contributed by atoms with E-state index in [9.17, 15) is 12.8 Å². The summed E-state index contributed by atoms with van der Waals surface area (Å²) in [5, 5.41) is 4.76. The molecule has 0 atom stereocenters. The number of benzene rings is 1. The van der Waals surface area contributed by atoms with Crippen LogP contribution in [0, 0.1) is 6.92 Å². The van der Waals surface area contributed by atoms with Gasteiger partial charge in [0.05, 0.1) is 17.3 Å². The van der Waals surface area contributed by atoms with Crippen LogP contribution in [0.2, 0.25) is 5.02 Å². The molecule has 0 saturated heterocycles. The molecule has 0 fully saturated rings. The van der Waals surface area contributed by atoms with E-state index in [0.717, 1.165) is 26.8 Å². The average molecular weight is 443 g/mol. The van der Waals surface area contributed by atoms with E-state index in [2.05, 4.69) is 5.10 Å². The highest BCUT2D eigenvalue weighted by atomic mass is 35.5. The predicted octanol–water partition coefficient (Wildman–Crippen LogP) is 3.62. The van der Waals surface area contributed by atoms with Crippen LogP contribution in [0.4, 0.5) is 4.39 Å². The van der Waals surface area contributed by atoms with E-state index >= 15 is 0 Å². The van der Waals surface area contributed by atoms with Crippen molar-refractivity contribution in [3.8, 4) is 0 Å². The minimum atomic E-state index is -3.62. The quantitative estimate of drug-likeness (QED) is 0.676. The summed E-state index contributed by atoms with van der Waals surface area (Å²) < 4.78 is 41.4. The molecule has 1 aromatic carbocycles. The van der Waals surface area contributed by atoms with Gasteiger partial charge in [-0.05, 0) is 36.6 Å². The Labute approximate surface area is 177 Å². The average Bonchev–Trinajstić information content (AvgIpc) is 2.91. The molecule has 0 unspecified atom stereocenters. The first-order valence-corrected chi connectivity index (χ1v) is 11.1. The van der Waals surface area contributed by atoms with Crippen LogP contribution in [0.1, 0.15) is 42.3 Å². The van der Waals surface area contributed by atoms with Crippen molar-refractivity contribution < 1.29 is 12.8 Å². The number of nitrogens with two attached hydrogens (primary N) is 1. The molecule has 0 amide bonds. The smallest absolute Gasteiger partial charge is 0.244 e. The van der Waals surface area contributed by atoms with Crippen molar-refractivity contribution in [2.75, 3.05) is 20.6 Å². The normalized spacial score (nSPS) is 13.0. The molecule has 0 spiro atoms.